The lowest BCUT2D eigenvalue weighted by Gasteiger charge is -2.37. The second-order valence-corrected chi connectivity index (χ2v) is 9.09. The number of aliphatic hydroxyl groups is 1. The highest BCUT2D eigenvalue weighted by molar-refractivity contribution is 5.79. The third-order valence-electron chi connectivity index (χ3n) is 6.62. The average Bonchev–Trinajstić information content (AvgIpc) is 2.98. The van der Waals surface area contributed by atoms with Crippen LogP contribution in [0.1, 0.15) is 37.8 Å². The number of ether oxygens (including phenoxy) is 1. The molecule has 1 unspecified atom stereocenters. The number of anilines is 2. The highest BCUT2D eigenvalue weighted by Gasteiger charge is 2.50. The summed E-state index contributed by atoms with van der Waals surface area (Å²) in [5.41, 5.74) is 0.606. The van der Waals surface area contributed by atoms with Gasteiger partial charge in [-0.15, -0.1) is 0 Å². The molecule has 1 aromatic rings. The molecule has 3 saturated heterocycles. The van der Waals surface area contributed by atoms with Gasteiger partial charge in [-0.25, -0.2) is 4.98 Å². The molecule has 4 heterocycles. The maximum absolute atomic E-state index is 12.8. The van der Waals surface area contributed by atoms with Crippen molar-refractivity contribution in [3.63, 3.8) is 0 Å². The minimum Gasteiger partial charge on any atom is -0.461 e. The number of likely N-dealkylation sites (tertiary alicyclic amines) is 1. The highest BCUT2D eigenvalue weighted by atomic mass is 16.6. The molecule has 0 amide bonds. The number of aliphatic hydroxyl groups excluding tert-OH is 1. The molecule has 1 spiro atoms. The lowest BCUT2D eigenvalue weighted by Crippen LogP contribution is -2.43. The zero-order valence-electron chi connectivity index (χ0n) is 17.8. The molecule has 3 fully saturated rings. The maximum atomic E-state index is 12.8. The van der Waals surface area contributed by atoms with Gasteiger partial charge in [0.05, 0.1) is 11.5 Å². The van der Waals surface area contributed by atoms with Gasteiger partial charge in [-0.1, -0.05) is 0 Å². The van der Waals surface area contributed by atoms with Crippen LogP contribution in [0.15, 0.2) is 6.07 Å². The normalized spacial score (nSPS) is 25.4. The molecule has 1 aromatic heterocycles. The van der Waals surface area contributed by atoms with Crippen molar-refractivity contribution in [2.75, 3.05) is 56.6 Å². The van der Waals surface area contributed by atoms with Gasteiger partial charge in [0.1, 0.15) is 11.9 Å². The largest absolute Gasteiger partial charge is 0.461 e. The monoisotopic (exact) mass is 403 g/mol. The Kier molecular flexibility index (Phi) is 5.66. The minimum atomic E-state index is -0.344. The fourth-order valence-electron chi connectivity index (χ4n) is 4.80. The third-order valence-corrected chi connectivity index (χ3v) is 6.62. The fourth-order valence-corrected chi connectivity index (χ4v) is 4.80. The number of hydrogen-bond acceptors (Lipinski definition) is 8. The Morgan fingerprint density at radius 3 is 2.55 bits per heavy atom. The van der Waals surface area contributed by atoms with E-state index in [0.717, 1.165) is 76.3 Å². The number of esters is 1. The van der Waals surface area contributed by atoms with Crippen molar-refractivity contribution in [1.82, 2.24) is 14.9 Å². The van der Waals surface area contributed by atoms with E-state index in [1.165, 1.54) is 0 Å². The molecular weight excluding hydrogens is 370 g/mol. The minimum absolute atomic E-state index is 0.0213. The number of aryl methyl sites for hydroxylation is 1. The number of carbonyl (C=O) groups excluding carboxylic acids is 1. The van der Waals surface area contributed by atoms with E-state index in [9.17, 15) is 9.90 Å². The maximum Gasteiger partial charge on any atom is 0.312 e. The van der Waals surface area contributed by atoms with Crippen LogP contribution in [0.3, 0.4) is 0 Å². The zero-order chi connectivity index (χ0) is 20.6. The Morgan fingerprint density at radius 2 is 1.90 bits per heavy atom. The standard InChI is InChI=1S/C21H33N5O3/c1-15-12-18(23-20(22-15)24(2)3)26-10-6-21(7-11-26)13-17(29-19(21)28)14-25-8-4-16(27)5-9-25/h12,16-17,27H,4-11,13-14H2,1-3H3. The van der Waals surface area contributed by atoms with Crippen LogP contribution in [0, 0.1) is 12.3 Å². The van der Waals surface area contributed by atoms with Crippen molar-refractivity contribution in [1.29, 1.82) is 0 Å². The first-order chi connectivity index (χ1) is 13.8. The van der Waals surface area contributed by atoms with E-state index in [0.29, 0.717) is 5.95 Å². The van der Waals surface area contributed by atoms with E-state index in [1.54, 1.807) is 0 Å². The van der Waals surface area contributed by atoms with Gasteiger partial charge in [-0.05, 0) is 32.6 Å². The Labute approximate surface area is 172 Å². The van der Waals surface area contributed by atoms with Gasteiger partial charge < -0.3 is 19.6 Å². The summed E-state index contributed by atoms with van der Waals surface area (Å²) >= 11 is 0. The molecule has 1 N–H and O–H groups in total. The Hall–Kier alpha value is -1.93. The number of aromatic nitrogens is 2. The summed E-state index contributed by atoms with van der Waals surface area (Å²) in [7, 11) is 3.89. The van der Waals surface area contributed by atoms with Gasteiger partial charge in [0.2, 0.25) is 5.95 Å². The van der Waals surface area contributed by atoms with Crippen LogP contribution in [0.4, 0.5) is 11.8 Å². The number of cyclic esters (lactones) is 1. The van der Waals surface area contributed by atoms with Gasteiger partial charge in [0.25, 0.3) is 0 Å². The van der Waals surface area contributed by atoms with Crippen LogP contribution in [-0.2, 0) is 9.53 Å². The van der Waals surface area contributed by atoms with Gasteiger partial charge in [-0.3, -0.25) is 9.69 Å². The summed E-state index contributed by atoms with van der Waals surface area (Å²) in [6.07, 6.45) is 3.85. The van der Waals surface area contributed by atoms with E-state index < -0.39 is 0 Å². The lowest BCUT2D eigenvalue weighted by atomic mass is 9.76. The molecule has 0 radical (unpaired) electrons. The van der Waals surface area contributed by atoms with Gasteiger partial charge in [-0.2, -0.15) is 4.98 Å². The molecule has 160 valence electrons. The third kappa shape index (κ3) is 4.33. The predicted octanol–water partition coefficient (Wildman–Crippen LogP) is 1.21. The molecule has 0 aromatic carbocycles. The Bertz CT molecular complexity index is 740. The number of carbonyl (C=O) groups is 1. The summed E-state index contributed by atoms with van der Waals surface area (Å²) < 4.78 is 5.80. The first-order valence-electron chi connectivity index (χ1n) is 10.7. The molecular formula is C21H33N5O3. The van der Waals surface area contributed by atoms with E-state index in [2.05, 4.69) is 19.8 Å². The van der Waals surface area contributed by atoms with Crippen LogP contribution >= 0.6 is 0 Å². The van der Waals surface area contributed by atoms with Crippen molar-refractivity contribution in [3.05, 3.63) is 11.8 Å². The summed E-state index contributed by atoms with van der Waals surface area (Å²) in [6, 6.07) is 2.02. The molecule has 8 heteroatoms. The van der Waals surface area contributed by atoms with Crippen molar-refractivity contribution in [2.24, 2.45) is 5.41 Å². The summed E-state index contributed by atoms with van der Waals surface area (Å²) in [5.74, 6) is 1.63. The second kappa shape index (κ2) is 8.07. The van der Waals surface area contributed by atoms with Crippen LogP contribution in [0.25, 0.3) is 0 Å². The molecule has 3 aliphatic heterocycles. The Morgan fingerprint density at radius 1 is 1.21 bits per heavy atom. The van der Waals surface area contributed by atoms with Crippen LogP contribution in [0.5, 0.6) is 0 Å². The molecule has 0 saturated carbocycles. The summed E-state index contributed by atoms with van der Waals surface area (Å²) in [4.78, 5) is 28.4. The summed E-state index contributed by atoms with van der Waals surface area (Å²) in [5, 5.41) is 9.68. The first kappa shape index (κ1) is 20.3. The number of hydrogen-bond donors (Lipinski definition) is 1. The molecule has 8 nitrogen and oxygen atoms in total. The van der Waals surface area contributed by atoms with Gasteiger partial charge >= 0.3 is 5.97 Å². The van der Waals surface area contributed by atoms with E-state index in [-0.39, 0.29) is 23.6 Å². The van der Waals surface area contributed by atoms with E-state index >= 15 is 0 Å². The zero-order valence-corrected chi connectivity index (χ0v) is 17.8. The second-order valence-electron chi connectivity index (χ2n) is 9.09. The SMILES string of the molecule is Cc1cc(N2CCC3(CC2)CC(CN2CCC(O)CC2)OC3=O)nc(N(C)C)n1. The van der Waals surface area contributed by atoms with Crippen molar-refractivity contribution < 1.29 is 14.6 Å². The highest BCUT2D eigenvalue weighted by Crippen LogP contribution is 2.44. The molecule has 29 heavy (non-hydrogen) atoms. The number of rotatable bonds is 4. The summed E-state index contributed by atoms with van der Waals surface area (Å²) in [6.45, 7) is 6.17. The first-order valence-corrected chi connectivity index (χ1v) is 10.7. The fraction of sp³-hybridized carbons (Fsp3) is 0.762. The number of nitrogens with zero attached hydrogens (tertiary/aromatic N) is 5. The molecule has 3 aliphatic rings. The predicted molar refractivity (Wildman–Crippen MR) is 111 cm³/mol. The van der Waals surface area contributed by atoms with E-state index in [4.69, 9.17) is 4.74 Å². The molecule has 1 atom stereocenters. The van der Waals surface area contributed by atoms with Crippen molar-refractivity contribution in [3.8, 4) is 0 Å². The average molecular weight is 404 g/mol. The number of piperidine rings is 2. The Balaban J connectivity index is 1.37. The van der Waals surface area contributed by atoms with Crippen LogP contribution in [-0.4, -0.2) is 85.0 Å². The topological polar surface area (TPSA) is 82.0 Å². The van der Waals surface area contributed by atoms with Gasteiger partial charge in [0, 0.05) is 65.0 Å². The van der Waals surface area contributed by atoms with Gasteiger partial charge in [0.15, 0.2) is 0 Å². The van der Waals surface area contributed by atoms with E-state index in [1.807, 2.05) is 32.0 Å². The molecule has 4 rings (SSSR count). The van der Waals surface area contributed by atoms with Crippen molar-refractivity contribution in [2.45, 2.75) is 51.2 Å². The quantitative estimate of drug-likeness (QED) is 0.752. The van der Waals surface area contributed by atoms with Crippen LogP contribution < -0.4 is 9.80 Å². The molecule has 0 aliphatic carbocycles. The van der Waals surface area contributed by atoms with Crippen LogP contribution in [0.2, 0.25) is 0 Å². The lowest BCUT2D eigenvalue weighted by molar-refractivity contribution is -0.150. The molecule has 0 bridgehead atoms. The smallest absolute Gasteiger partial charge is 0.312 e. The van der Waals surface area contributed by atoms with Crippen molar-refractivity contribution >= 4 is 17.7 Å².